The Hall–Kier alpha value is -4.32. The van der Waals surface area contributed by atoms with Gasteiger partial charge in [0, 0.05) is 35.8 Å². The number of hydrogen-bond acceptors (Lipinski definition) is 3. The minimum Gasteiger partial charge on any atom is -0.497 e. The Morgan fingerprint density at radius 2 is 1.80 bits per heavy atom. The largest absolute Gasteiger partial charge is 0.497 e. The predicted molar refractivity (Wildman–Crippen MR) is 139 cm³/mol. The van der Waals surface area contributed by atoms with Crippen LogP contribution in [-0.2, 0) is 22.4 Å². The number of fused-ring (bicyclic) bond motifs is 5. The van der Waals surface area contributed by atoms with Crippen molar-refractivity contribution in [1.82, 2.24) is 10.3 Å². The summed E-state index contributed by atoms with van der Waals surface area (Å²) in [7, 11) is 3.33. The van der Waals surface area contributed by atoms with Gasteiger partial charge < -0.3 is 19.9 Å². The van der Waals surface area contributed by atoms with Gasteiger partial charge in [0.2, 0.25) is 11.8 Å². The molecule has 2 N–H and O–H groups in total. The maximum atomic E-state index is 13.6. The van der Waals surface area contributed by atoms with Crippen LogP contribution in [0.2, 0.25) is 0 Å². The Balaban J connectivity index is 1.51. The first kappa shape index (κ1) is 22.5. The summed E-state index contributed by atoms with van der Waals surface area (Å²) in [5, 5.41) is 4.03. The van der Waals surface area contributed by atoms with E-state index < -0.39 is 6.04 Å². The molecule has 0 unspecified atom stereocenters. The van der Waals surface area contributed by atoms with Gasteiger partial charge >= 0.3 is 0 Å². The molecule has 1 aliphatic heterocycles. The molecular formula is C29H27N3O3. The number of likely N-dealkylation sites (N-methyl/N-ethyl adjacent to an activating group) is 1. The van der Waals surface area contributed by atoms with E-state index in [1.807, 2.05) is 78.9 Å². The minimum absolute atomic E-state index is 0.174. The second-order valence-corrected chi connectivity index (χ2v) is 8.74. The number of para-hydroxylation sites is 1. The van der Waals surface area contributed by atoms with Crippen LogP contribution in [0.5, 0.6) is 5.75 Å². The van der Waals surface area contributed by atoms with Crippen LogP contribution in [0, 0.1) is 0 Å². The fourth-order valence-electron chi connectivity index (χ4n) is 4.57. The second kappa shape index (κ2) is 9.50. The molecule has 0 spiro atoms. The highest BCUT2D eigenvalue weighted by Crippen LogP contribution is 2.26. The molecule has 0 fully saturated rings. The number of aromatic amines is 1. The average Bonchev–Trinajstić information content (AvgIpc) is 3.23. The van der Waals surface area contributed by atoms with E-state index in [2.05, 4.69) is 16.4 Å². The number of anilines is 1. The number of methoxy groups -OCH3 is 1. The van der Waals surface area contributed by atoms with E-state index >= 15 is 0 Å². The molecule has 0 saturated heterocycles. The van der Waals surface area contributed by atoms with Crippen LogP contribution < -0.4 is 15.0 Å². The summed E-state index contributed by atoms with van der Waals surface area (Å²) >= 11 is 0. The van der Waals surface area contributed by atoms with Crippen LogP contribution in [-0.4, -0.2) is 37.0 Å². The third-order valence-electron chi connectivity index (χ3n) is 6.44. The number of amides is 2. The normalized spacial score (nSPS) is 16.4. The molecule has 2 heterocycles. The number of benzene rings is 3. The first-order chi connectivity index (χ1) is 17.0. The molecule has 176 valence electrons. The van der Waals surface area contributed by atoms with E-state index in [1.54, 1.807) is 19.1 Å². The van der Waals surface area contributed by atoms with Crippen molar-refractivity contribution in [1.29, 1.82) is 0 Å². The first-order valence-corrected chi connectivity index (χ1v) is 11.6. The van der Waals surface area contributed by atoms with Crippen LogP contribution in [0.1, 0.15) is 22.4 Å². The highest BCUT2D eigenvalue weighted by Gasteiger charge is 2.26. The van der Waals surface area contributed by atoms with Crippen LogP contribution >= 0.6 is 0 Å². The monoisotopic (exact) mass is 465 g/mol. The van der Waals surface area contributed by atoms with E-state index in [1.165, 1.54) is 0 Å². The Morgan fingerprint density at radius 1 is 1.00 bits per heavy atom. The SMILES string of the molecule is COc1ccc(N(C)C(=O)[C@@H]2Cc3cccc(c3)/C=C\c3[nH]c4ccccc4c3CC(=O)N2)cc1. The van der Waals surface area contributed by atoms with Crippen LogP contribution in [0.15, 0.2) is 72.8 Å². The molecule has 1 atom stereocenters. The predicted octanol–water partition coefficient (Wildman–Crippen LogP) is 4.59. The molecule has 6 nitrogen and oxygen atoms in total. The number of nitrogens with one attached hydrogen (secondary N) is 2. The van der Waals surface area contributed by atoms with Crippen LogP contribution in [0.3, 0.4) is 0 Å². The van der Waals surface area contributed by atoms with E-state index in [-0.39, 0.29) is 18.2 Å². The van der Waals surface area contributed by atoms with Crippen molar-refractivity contribution in [2.24, 2.45) is 0 Å². The van der Waals surface area contributed by atoms with E-state index in [0.717, 1.165) is 39.0 Å². The van der Waals surface area contributed by atoms with Gasteiger partial charge in [0.15, 0.2) is 0 Å². The molecular weight excluding hydrogens is 438 g/mol. The lowest BCUT2D eigenvalue weighted by Gasteiger charge is -2.25. The molecule has 3 aromatic carbocycles. The minimum atomic E-state index is -0.707. The third-order valence-corrected chi connectivity index (χ3v) is 6.44. The second-order valence-electron chi connectivity index (χ2n) is 8.74. The highest BCUT2D eigenvalue weighted by molar-refractivity contribution is 6.00. The zero-order valence-corrected chi connectivity index (χ0v) is 19.7. The highest BCUT2D eigenvalue weighted by atomic mass is 16.5. The summed E-state index contributed by atoms with van der Waals surface area (Å²) < 4.78 is 5.23. The molecule has 0 radical (unpaired) electrons. The lowest BCUT2D eigenvalue weighted by molar-refractivity contribution is -0.127. The molecule has 6 heteroatoms. The quantitative estimate of drug-likeness (QED) is 0.465. The number of H-pyrrole nitrogens is 1. The zero-order valence-electron chi connectivity index (χ0n) is 19.7. The van der Waals surface area contributed by atoms with Crippen molar-refractivity contribution >= 4 is 40.6 Å². The van der Waals surface area contributed by atoms with Gasteiger partial charge in [-0.25, -0.2) is 0 Å². The van der Waals surface area contributed by atoms with Crippen molar-refractivity contribution in [2.45, 2.75) is 18.9 Å². The molecule has 1 aliphatic rings. The molecule has 5 rings (SSSR count). The lowest BCUT2D eigenvalue weighted by Crippen LogP contribution is -2.49. The van der Waals surface area contributed by atoms with Crippen LogP contribution in [0.25, 0.3) is 23.1 Å². The molecule has 2 amide bonds. The van der Waals surface area contributed by atoms with Crippen molar-refractivity contribution in [3.63, 3.8) is 0 Å². The number of nitrogens with zero attached hydrogens (tertiary/aromatic N) is 1. The van der Waals surface area contributed by atoms with E-state index in [0.29, 0.717) is 12.2 Å². The van der Waals surface area contributed by atoms with Crippen LogP contribution in [0.4, 0.5) is 5.69 Å². The third kappa shape index (κ3) is 4.68. The number of carbonyl (C=O) groups excluding carboxylic acids is 2. The van der Waals surface area contributed by atoms with Crippen molar-refractivity contribution < 1.29 is 14.3 Å². The van der Waals surface area contributed by atoms with Gasteiger partial charge in [0.25, 0.3) is 0 Å². The number of aromatic nitrogens is 1. The smallest absolute Gasteiger partial charge is 0.249 e. The number of carbonyl (C=O) groups is 2. The van der Waals surface area contributed by atoms with Gasteiger partial charge in [0.05, 0.1) is 13.5 Å². The maximum Gasteiger partial charge on any atom is 0.249 e. The van der Waals surface area contributed by atoms with Crippen molar-refractivity contribution in [3.8, 4) is 5.75 Å². The summed E-state index contributed by atoms with van der Waals surface area (Å²) in [5.41, 5.74) is 5.53. The summed E-state index contributed by atoms with van der Waals surface area (Å²) in [6, 6.07) is 22.6. The molecule has 1 aromatic heterocycles. The summed E-state index contributed by atoms with van der Waals surface area (Å²) in [5.74, 6) is 0.344. The Bertz CT molecular complexity index is 1420. The van der Waals surface area contributed by atoms with Gasteiger partial charge in [-0.05, 0) is 53.1 Å². The van der Waals surface area contributed by atoms with Gasteiger partial charge in [-0.15, -0.1) is 0 Å². The van der Waals surface area contributed by atoms with E-state index in [4.69, 9.17) is 4.74 Å². The topological polar surface area (TPSA) is 74.4 Å². The van der Waals surface area contributed by atoms with E-state index in [9.17, 15) is 9.59 Å². The lowest BCUT2D eigenvalue weighted by atomic mass is 9.99. The van der Waals surface area contributed by atoms with Crippen molar-refractivity contribution in [2.75, 3.05) is 19.1 Å². The summed E-state index contributed by atoms with van der Waals surface area (Å²) in [6.07, 6.45) is 4.63. The number of rotatable bonds is 3. The summed E-state index contributed by atoms with van der Waals surface area (Å²) in [4.78, 5) is 31.8. The molecule has 2 bridgehead atoms. The Kier molecular flexibility index (Phi) is 6.10. The number of ether oxygens (including phenoxy) is 1. The summed E-state index contributed by atoms with van der Waals surface area (Å²) in [6.45, 7) is 0. The molecule has 35 heavy (non-hydrogen) atoms. The van der Waals surface area contributed by atoms with Gasteiger partial charge in [-0.3, -0.25) is 9.59 Å². The first-order valence-electron chi connectivity index (χ1n) is 11.6. The maximum absolute atomic E-state index is 13.6. The molecule has 0 saturated carbocycles. The zero-order chi connectivity index (χ0) is 24.4. The fourth-order valence-corrected chi connectivity index (χ4v) is 4.57. The Morgan fingerprint density at radius 3 is 2.60 bits per heavy atom. The van der Waals surface area contributed by atoms with Gasteiger partial charge in [-0.2, -0.15) is 0 Å². The molecule has 4 aromatic rings. The van der Waals surface area contributed by atoms with Crippen molar-refractivity contribution in [3.05, 3.63) is 95.2 Å². The standard InChI is InChI=1S/C29H27N3O3/c1-32(21-11-13-22(35-2)14-12-21)29(34)27-17-20-7-5-6-19(16-20)10-15-26-24(18-28(33)31-27)23-8-3-4-9-25(23)30-26/h3-16,27,30H,17-18H2,1-2H3,(H,31,33)/b15-10-/t27-/m0/s1. The molecule has 0 aliphatic carbocycles. The average molecular weight is 466 g/mol. The fraction of sp³-hybridized carbons (Fsp3) is 0.172. The number of hydrogen-bond donors (Lipinski definition) is 2. The van der Waals surface area contributed by atoms with Gasteiger partial charge in [0.1, 0.15) is 11.8 Å². The Labute approximate surface area is 204 Å². The van der Waals surface area contributed by atoms with Gasteiger partial charge in [-0.1, -0.05) is 48.5 Å².